The highest BCUT2D eigenvalue weighted by Gasteiger charge is 2.26. The van der Waals surface area contributed by atoms with E-state index >= 15 is 0 Å². The fourth-order valence-electron chi connectivity index (χ4n) is 3.43. The summed E-state index contributed by atoms with van der Waals surface area (Å²) in [5.41, 5.74) is 1.32. The molecule has 0 bridgehead atoms. The van der Waals surface area contributed by atoms with Crippen LogP contribution in [0.15, 0.2) is 23.5 Å². The van der Waals surface area contributed by atoms with Crippen molar-refractivity contribution in [3.63, 3.8) is 0 Å². The summed E-state index contributed by atoms with van der Waals surface area (Å²) in [4.78, 5) is 26.3. The smallest absolute Gasteiger partial charge is 0.254 e. The number of carbonyl (C=O) groups is 1. The van der Waals surface area contributed by atoms with E-state index in [0.717, 1.165) is 6.42 Å². The van der Waals surface area contributed by atoms with E-state index in [9.17, 15) is 4.79 Å². The van der Waals surface area contributed by atoms with Crippen LogP contribution in [-0.4, -0.2) is 54.0 Å². The number of methoxy groups -OCH3 is 2. The molecule has 0 saturated carbocycles. The first kappa shape index (κ1) is 22.8. The number of carbonyl (C=O) groups excluding carboxylic acids is 1. The van der Waals surface area contributed by atoms with Crippen molar-refractivity contribution in [1.29, 1.82) is 0 Å². The van der Waals surface area contributed by atoms with Gasteiger partial charge in [-0.3, -0.25) is 4.79 Å². The third-order valence-corrected chi connectivity index (χ3v) is 6.33. The lowest BCUT2D eigenvalue weighted by Crippen LogP contribution is -2.27. The Bertz CT molecular complexity index is 1160. The van der Waals surface area contributed by atoms with Gasteiger partial charge in [-0.2, -0.15) is 0 Å². The van der Waals surface area contributed by atoms with Crippen molar-refractivity contribution < 1.29 is 19.0 Å². The van der Waals surface area contributed by atoms with Crippen LogP contribution in [-0.2, 0) is 9.53 Å². The van der Waals surface area contributed by atoms with Gasteiger partial charge in [-0.25, -0.2) is 15.0 Å². The van der Waals surface area contributed by atoms with Gasteiger partial charge in [0.1, 0.15) is 23.1 Å². The Hall–Kier alpha value is -2.33. The number of benzene rings is 1. The molecule has 4 rings (SSSR count). The van der Waals surface area contributed by atoms with Gasteiger partial charge >= 0.3 is 0 Å². The van der Waals surface area contributed by atoms with Crippen molar-refractivity contribution in [3.8, 4) is 22.8 Å². The maximum Gasteiger partial charge on any atom is 0.254 e. The van der Waals surface area contributed by atoms with Crippen molar-refractivity contribution in [1.82, 2.24) is 15.0 Å². The third kappa shape index (κ3) is 4.30. The molecule has 1 atom stereocenters. The summed E-state index contributed by atoms with van der Waals surface area (Å²) >= 11 is 14.6. The van der Waals surface area contributed by atoms with Crippen molar-refractivity contribution >= 4 is 57.6 Å². The predicted octanol–water partition coefficient (Wildman–Crippen LogP) is 4.86. The Kier molecular flexibility index (Phi) is 6.90. The lowest BCUT2D eigenvalue weighted by Gasteiger charge is -2.16. The number of pyridine rings is 1. The average molecular weight is 495 g/mol. The van der Waals surface area contributed by atoms with Gasteiger partial charge in [-0.15, -0.1) is 0 Å². The number of nitrogens with zero attached hydrogens (tertiary/aromatic N) is 3. The molecule has 168 valence electrons. The topological polar surface area (TPSA) is 95.5 Å². The fraction of sp³-hybridized carbons (Fsp3) is 0.333. The number of aromatic nitrogens is 3. The molecule has 1 fully saturated rings. The van der Waals surface area contributed by atoms with E-state index in [4.69, 9.17) is 37.4 Å². The van der Waals surface area contributed by atoms with E-state index < -0.39 is 6.10 Å². The minimum absolute atomic E-state index is 0.267. The zero-order valence-electron chi connectivity index (χ0n) is 17.6. The molecule has 3 aromatic rings. The number of fused-ring (bicyclic) bond motifs is 1. The SMILES string of the molecule is COc1cc(OC)c(Cl)c(-c2cc3cnc(SC)nc3c(NC(=O)C3CCCO3)n2)c1Cl. The molecule has 1 aliphatic heterocycles. The molecule has 1 N–H and O–H groups in total. The lowest BCUT2D eigenvalue weighted by atomic mass is 10.1. The molecular weight excluding hydrogens is 475 g/mol. The van der Waals surface area contributed by atoms with Crippen LogP contribution in [0.1, 0.15) is 12.8 Å². The van der Waals surface area contributed by atoms with Gasteiger partial charge in [0.25, 0.3) is 5.91 Å². The molecule has 1 aromatic carbocycles. The molecular formula is C21H20Cl2N4O4S. The minimum Gasteiger partial charge on any atom is -0.495 e. The van der Waals surface area contributed by atoms with Crippen molar-refractivity contribution in [3.05, 3.63) is 28.4 Å². The zero-order valence-corrected chi connectivity index (χ0v) is 19.9. The Morgan fingerprint density at radius 3 is 2.50 bits per heavy atom. The number of rotatable bonds is 6. The zero-order chi connectivity index (χ0) is 22.8. The second kappa shape index (κ2) is 9.66. The number of hydrogen-bond donors (Lipinski definition) is 1. The maximum absolute atomic E-state index is 12.8. The Morgan fingerprint density at radius 1 is 1.19 bits per heavy atom. The second-order valence-electron chi connectivity index (χ2n) is 6.93. The van der Waals surface area contributed by atoms with E-state index in [2.05, 4.69) is 20.3 Å². The first-order valence-electron chi connectivity index (χ1n) is 9.71. The van der Waals surface area contributed by atoms with Crippen molar-refractivity contribution in [2.45, 2.75) is 24.1 Å². The molecule has 0 radical (unpaired) electrons. The highest BCUT2D eigenvalue weighted by molar-refractivity contribution is 7.98. The summed E-state index contributed by atoms with van der Waals surface area (Å²) in [7, 11) is 2.99. The highest BCUT2D eigenvalue weighted by Crippen LogP contribution is 2.46. The molecule has 3 heterocycles. The van der Waals surface area contributed by atoms with E-state index in [1.54, 1.807) is 18.3 Å². The predicted molar refractivity (Wildman–Crippen MR) is 125 cm³/mol. The molecule has 1 amide bonds. The van der Waals surface area contributed by atoms with Crippen LogP contribution in [0.2, 0.25) is 10.0 Å². The number of nitrogens with one attached hydrogen (secondary N) is 1. The maximum atomic E-state index is 12.8. The highest BCUT2D eigenvalue weighted by atomic mass is 35.5. The van der Waals surface area contributed by atoms with Gasteiger partial charge in [0.2, 0.25) is 0 Å². The van der Waals surface area contributed by atoms with Gasteiger partial charge < -0.3 is 19.5 Å². The molecule has 1 unspecified atom stereocenters. The molecule has 0 spiro atoms. The number of ether oxygens (including phenoxy) is 3. The first-order chi connectivity index (χ1) is 15.5. The van der Waals surface area contributed by atoms with E-state index in [1.165, 1.54) is 26.0 Å². The van der Waals surface area contributed by atoms with Crippen LogP contribution in [0.5, 0.6) is 11.5 Å². The number of anilines is 1. The van der Waals surface area contributed by atoms with Gasteiger partial charge in [0.15, 0.2) is 11.0 Å². The van der Waals surface area contributed by atoms with Crippen LogP contribution >= 0.6 is 35.0 Å². The summed E-state index contributed by atoms with van der Waals surface area (Å²) in [6.45, 7) is 0.555. The number of hydrogen-bond acceptors (Lipinski definition) is 8. The standard InChI is InChI=1S/C21H20Cl2N4O4S/c1-29-13-8-14(30-2)17(23)15(16(13)22)11-7-10-9-24-21(32-3)26-18(10)19(25-11)27-20(28)12-5-4-6-31-12/h7-9,12H,4-6H2,1-3H3,(H,25,27,28). The molecule has 8 nitrogen and oxygen atoms in total. The Balaban J connectivity index is 1.91. The van der Waals surface area contributed by atoms with Crippen molar-refractivity contribution in [2.24, 2.45) is 0 Å². The Labute approximate surface area is 199 Å². The van der Waals surface area contributed by atoms with E-state index in [-0.39, 0.29) is 21.8 Å². The van der Waals surface area contributed by atoms with Gasteiger partial charge in [-0.1, -0.05) is 35.0 Å². The van der Waals surface area contributed by atoms with Crippen LogP contribution < -0.4 is 14.8 Å². The molecule has 11 heteroatoms. The summed E-state index contributed by atoms with van der Waals surface area (Å²) in [6, 6.07) is 3.36. The number of amides is 1. The van der Waals surface area contributed by atoms with E-state index in [1.807, 2.05) is 6.26 Å². The van der Waals surface area contributed by atoms with E-state index in [0.29, 0.717) is 51.8 Å². The summed E-state index contributed by atoms with van der Waals surface area (Å²) < 4.78 is 16.3. The number of thioether (sulfide) groups is 1. The lowest BCUT2D eigenvalue weighted by molar-refractivity contribution is -0.124. The first-order valence-corrected chi connectivity index (χ1v) is 11.7. The van der Waals surface area contributed by atoms with Crippen LogP contribution in [0.3, 0.4) is 0 Å². The largest absolute Gasteiger partial charge is 0.495 e. The van der Waals surface area contributed by atoms with Crippen LogP contribution in [0.4, 0.5) is 5.82 Å². The summed E-state index contributed by atoms with van der Waals surface area (Å²) in [6.07, 6.45) is 4.50. The molecule has 1 aliphatic rings. The monoisotopic (exact) mass is 494 g/mol. The summed E-state index contributed by atoms with van der Waals surface area (Å²) in [5.74, 6) is 0.746. The molecule has 2 aromatic heterocycles. The van der Waals surface area contributed by atoms with Gasteiger partial charge in [0.05, 0.1) is 30.0 Å². The quantitative estimate of drug-likeness (QED) is 0.383. The van der Waals surface area contributed by atoms with Gasteiger partial charge in [0, 0.05) is 29.8 Å². The Morgan fingerprint density at radius 2 is 1.91 bits per heavy atom. The third-order valence-electron chi connectivity index (χ3n) is 5.02. The fourth-order valence-corrected chi connectivity index (χ4v) is 4.46. The van der Waals surface area contributed by atoms with Gasteiger partial charge in [-0.05, 0) is 25.2 Å². The molecule has 1 saturated heterocycles. The second-order valence-corrected chi connectivity index (χ2v) is 8.45. The normalized spacial score (nSPS) is 15.7. The number of halogens is 2. The average Bonchev–Trinajstić information content (AvgIpc) is 3.34. The van der Waals surface area contributed by atoms with Crippen LogP contribution in [0, 0.1) is 0 Å². The summed E-state index contributed by atoms with van der Waals surface area (Å²) in [5, 5.41) is 4.61. The molecule has 0 aliphatic carbocycles. The minimum atomic E-state index is -0.526. The van der Waals surface area contributed by atoms with Crippen molar-refractivity contribution in [2.75, 3.05) is 32.4 Å². The van der Waals surface area contributed by atoms with Crippen LogP contribution in [0.25, 0.3) is 22.2 Å². The molecule has 32 heavy (non-hydrogen) atoms.